The molecule has 0 aromatic carbocycles. The van der Waals surface area contributed by atoms with Crippen LogP contribution in [0.15, 0.2) is 62.8 Å². The monoisotopic (exact) mass is 264 g/mol. The Morgan fingerprint density at radius 3 is 1.26 bits per heavy atom. The van der Waals surface area contributed by atoms with Crippen molar-refractivity contribution in [2.24, 2.45) is 0 Å². The van der Waals surface area contributed by atoms with Gasteiger partial charge in [0.05, 0.1) is 26.2 Å². The van der Waals surface area contributed by atoms with E-state index in [0.29, 0.717) is 0 Å². The van der Waals surface area contributed by atoms with E-state index in [4.69, 9.17) is 5.11 Å². The van der Waals surface area contributed by atoms with Crippen molar-refractivity contribution >= 4 is 5.97 Å². The van der Waals surface area contributed by atoms with Crippen molar-refractivity contribution in [1.29, 1.82) is 0 Å². The summed E-state index contributed by atoms with van der Waals surface area (Å²) in [5, 5.41) is 7.89. The summed E-state index contributed by atoms with van der Waals surface area (Å²) in [6.45, 7) is 23.4. The van der Waals surface area contributed by atoms with Gasteiger partial charge in [-0.05, 0) is 31.2 Å². The van der Waals surface area contributed by atoms with Gasteiger partial charge in [0.2, 0.25) is 0 Å². The van der Waals surface area contributed by atoms with Crippen molar-refractivity contribution in [3.8, 4) is 0 Å². The van der Waals surface area contributed by atoms with Crippen molar-refractivity contribution in [1.82, 2.24) is 0 Å². The van der Waals surface area contributed by atoms with Crippen LogP contribution in [-0.4, -0.2) is 41.7 Å². The lowest BCUT2D eigenvalue weighted by Crippen LogP contribution is -2.48. The molecule has 3 heteroatoms. The van der Waals surface area contributed by atoms with Gasteiger partial charge in [0.25, 0.3) is 0 Å². The maximum absolute atomic E-state index is 9.60. The van der Waals surface area contributed by atoms with Crippen molar-refractivity contribution in [2.45, 2.75) is 6.92 Å². The standard InChI is InChI=1S/C12H20N.C4H6O2/c1-5-9-13(10-6-2,11-7-3)12-8-4;1-3(2)4(5)6/h5-8H,1-4,9-12H2;1H2,2H3,(H,5,6)/q+1;. The first kappa shape index (κ1) is 19.5. The smallest absolute Gasteiger partial charge is 0.330 e. The summed E-state index contributed by atoms with van der Waals surface area (Å²) in [6.07, 6.45) is 7.76. The van der Waals surface area contributed by atoms with Crippen LogP contribution in [-0.2, 0) is 4.79 Å². The molecule has 0 radical (unpaired) electrons. The third kappa shape index (κ3) is 9.80. The Morgan fingerprint density at radius 1 is 0.947 bits per heavy atom. The van der Waals surface area contributed by atoms with E-state index in [-0.39, 0.29) is 5.57 Å². The van der Waals surface area contributed by atoms with E-state index >= 15 is 0 Å². The van der Waals surface area contributed by atoms with Crippen molar-refractivity contribution in [3.63, 3.8) is 0 Å². The Kier molecular flexibility index (Phi) is 11.5. The molecular formula is C16H26NO2+. The van der Waals surface area contributed by atoms with Crippen LogP contribution in [0.3, 0.4) is 0 Å². The molecule has 0 spiro atoms. The largest absolute Gasteiger partial charge is 0.478 e. The number of rotatable bonds is 9. The Bertz CT molecular complexity index is 285. The SMILES string of the molecule is C=C(C)C(=O)O.C=CC[N+](CC=C)(CC=C)CC=C. The minimum absolute atomic E-state index is 0.176. The number of hydrogen-bond acceptors (Lipinski definition) is 1. The van der Waals surface area contributed by atoms with Crippen LogP contribution in [0.25, 0.3) is 0 Å². The van der Waals surface area contributed by atoms with Gasteiger partial charge in [0.1, 0.15) is 0 Å². The minimum Gasteiger partial charge on any atom is -0.478 e. The van der Waals surface area contributed by atoms with Crippen LogP contribution in [0.4, 0.5) is 0 Å². The molecule has 0 saturated carbocycles. The molecule has 1 N–H and O–H groups in total. The van der Waals surface area contributed by atoms with E-state index in [1.807, 2.05) is 24.3 Å². The highest BCUT2D eigenvalue weighted by Crippen LogP contribution is 2.07. The van der Waals surface area contributed by atoms with Gasteiger partial charge in [-0.1, -0.05) is 32.9 Å². The maximum atomic E-state index is 9.60. The summed E-state index contributed by atoms with van der Waals surface area (Å²) in [5.41, 5.74) is 0.176. The van der Waals surface area contributed by atoms with Crippen LogP contribution >= 0.6 is 0 Å². The number of aliphatic carboxylic acids is 1. The van der Waals surface area contributed by atoms with Crippen LogP contribution in [0, 0.1) is 0 Å². The topological polar surface area (TPSA) is 37.3 Å². The Morgan fingerprint density at radius 2 is 1.16 bits per heavy atom. The molecule has 0 amide bonds. The number of carboxylic acid groups (broad SMARTS) is 1. The predicted octanol–water partition coefficient (Wildman–Crippen LogP) is 3.19. The number of nitrogens with zero attached hydrogens (tertiary/aromatic N) is 1. The molecule has 0 atom stereocenters. The normalized spacial score (nSPS) is 9.53. The third-order valence-corrected chi connectivity index (χ3v) is 2.43. The van der Waals surface area contributed by atoms with Gasteiger partial charge < -0.3 is 9.59 Å². The molecule has 106 valence electrons. The third-order valence-electron chi connectivity index (χ3n) is 2.43. The second-order valence-electron chi connectivity index (χ2n) is 4.31. The molecule has 0 fully saturated rings. The highest BCUT2D eigenvalue weighted by Gasteiger charge is 2.20. The molecule has 0 heterocycles. The van der Waals surface area contributed by atoms with Gasteiger partial charge in [-0.3, -0.25) is 0 Å². The van der Waals surface area contributed by atoms with E-state index in [2.05, 4.69) is 32.9 Å². The van der Waals surface area contributed by atoms with Crippen molar-refractivity contribution in [2.75, 3.05) is 26.2 Å². The average molecular weight is 264 g/mol. The van der Waals surface area contributed by atoms with Gasteiger partial charge in [0.15, 0.2) is 0 Å². The van der Waals surface area contributed by atoms with Crippen LogP contribution < -0.4 is 0 Å². The zero-order valence-electron chi connectivity index (χ0n) is 12.0. The summed E-state index contributed by atoms with van der Waals surface area (Å²) in [5.74, 6) is -0.935. The summed E-state index contributed by atoms with van der Waals surface area (Å²) < 4.78 is 0.903. The lowest BCUT2D eigenvalue weighted by atomic mass is 10.3. The van der Waals surface area contributed by atoms with E-state index < -0.39 is 5.97 Å². The average Bonchev–Trinajstić information content (AvgIpc) is 2.31. The van der Waals surface area contributed by atoms with Gasteiger partial charge in [-0.15, -0.1) is 0 Å². The quantitative estimate of drug-likeness (QED) is 0.394. The molecule has 0 aliphatic carbocycles. The van der Waals surface area contributed by atoms with Crippen molar-refractivity contribution < 1.29 is 14.4 Å². The number of carbonyl (C=O) groups is 1. The van der Waals surface area contributed by atoms with Crippen LogP contribution in [0.2, 0.25) is 0 Å². The fourth-order valence-corrected chi connectivity index (χ4v) is 1.54. The number of quaternary nitrogens is 1. The van der Waals surface area contributed by atoms with E-state index in [1.165, 1.54) is 6.92 Å². The molecule has 0 aromatic rings. The van der Waals surface area contributed by atoms with Crippen molar-refractivity contribution in [3.05, 3.63) is 62.8 Å². The van der Waals surface area contributed by atoms with E-state index in [9.17, 15) is 4.79 Å². The highest BCUT2D eigenvalue weighted by atomic mass is 16.4. The maximum Gasteiger partial charge on any atom is 0.330 e. The molecule has 0 bridgehead atoms. The molecule has 0 aliphatic heterocycles. The van der Waals surface area contributed by atoms with Crippen LogP contribution in [0.5, 0.6) is 0 Å². The fourth-order valence-electron chi connectivity index (χ4n) is 1.54. The van der Waals surface area contributed by atoms with Gasteiger partial charge in [-0.2, -0.15) is 0 Å². The second kappa shape index (κ2) is 11.2. The Hall–Kier alpha value is -1.87. The molecule has 0 saturated heterocycles. The zero-order chi connectivity index (χ0) is 15.3. The molecular weight excluding hydrogens is 238 g/mol. The Balaban J connectivity index is 0. The lowest BCUT2D eigenvalue weighted by Gasteiger charge is -2.35. The summed E-state index contributed by atoms with van der Waals surface area (Å²) >= 11 is 0. The first-order valence-corrected chi connectivity index (χ1v) is 6.06. The summed E-state index contributed by atoms with van der Waals surface area (Å²) in [6, 6.07) is 0. The first-order chi connectivity index (χ1) is 8.89. The van der Waals surface area contributed by atoms with E-state index in [1.54, 1.807) is 0 Å². The van der Waals surface area contributed by atoms with Gasteiger partial charge in [-0.25, -0.2) is 4.79 Å². The molecule has 19 heavy (non-hydrogen) atoms. The predicted molar refractivity (Wildman–Crippen MR) is 83.0 cm³/mol. The number of hydrogen-bond donors (Lipinski definition) is 1. The first-order valence-electron chi connectivity index (χ1n) is 6.06. The minimum atomic E-state index is -0.935. The fraction of sp³-hybridized carbons (Fsp3) is 0.312. The summed E-state index contributed by atoms with van der Waals surface area (Å²) in [7, 11) is 0. The molecule has 3 nitrogen and oxygen atoms in total. The second-order valence-corrected chi connectivity index (χ2v) is 4.31. The van der Waals surface area contributed by atoms with Gasteiger partial charge >= 0.3 is 5.97 Å². The van der Waals surface area contributed by atoms with E-state index in [0.717, 1.165) is 30.7 Å². The molecule has 0 aliphatic rings. The highest BCUT2D eigenvalue weighted by molar-refractivity contribution is 5.84. The lowest BCUT2D eigenvalue weighted by molar-refractivity contribution is -0.906. The molecule has 0 rings (SSSR count). The molecule has 0 aromatic heterocycles. The zero-order valence-corrected chi connectivity index (χ0v) is 12.0. The summed E-state index contributed by atoms with van der Waals surface area (Å²) in [4.78, 5) is 9.60. The Labute approximate surface area is 117 Å². The van der Waals surface area contributed by atoms with Gasteiger partial charge in [0, 0.05) is 5.57 Å². The molecule has 0 unspecified atom stereocenters. The number of carboxylic acids is 1. The van der Waals surface area contributed by atoms with Crippen LogP contribution in [0.1, 0.15) is 6.92 Å².